The molecule has 0 atom stereocenters. The van der Waals surface area contributed by atoms with Gasteiger partial charge in [0.05, 0.1) is 17.9 Å². The lowest BCUT2D eigenvalue weighted by molar-refractivity contribution is 0.247. The topological polar surface area (TPSA) is 87.6 Å². The molecule has 0 saturated heterocycles. The number of nitriles is 1. The molecule has 31 heavy (non-hydrogen) atoms. The highest BCUT2D eigenvalue weighted by Gasteiger charge is 2.20. The number of aryl methyl sites for hydroxylation is 2. The summed E-state index contributed by atoms with van der Waals surface area (Å²) in [5.74, 6) is 0. The minimum absolute atomic E-state index is 0.663. The molecule has 0 spiro atoms. The normalized spacial score (nSPS) is 14.5. The number of hydrogen-bond acceptors (Lipinski definition) is 5. The van der Waals surface area contributed by atoms with Crippen molar-refractivity contribution in [2.45, 2.75) is 93.7 Å². The molecule has 2 aromatic rings. The molecule has 0 radical (unpaired) electrons. The van der Waals surface area contributed by atoms with E-state index in [2.05, 4.69) is 45.3 Å². The lowest BCUT2D eigenvalue weighted by Gasteiger charge is -2.26. The first-order valence-corrected chi connectivity index (χ1v) is 12.0. The van der Waals surface area contributed by atoms with E-state index in [1.54, 1.807) is 4.90 Å². The molecule has 7 heteroatoms. The molecule has 4 heterocycles. The van der Waals surface area contributed by atoms with Gasteiger partial charge in [-0.15, -0.1) is 0 Å². The Balaban J connectivity index is 0.000000272. The van der Waals surface area contributed by atoms with Crippen LogP contribution in [0.15, 0.2) is 0 Å². The molecule has 0 aromatic carbocycles. The highest BCUT2D eigenvalue weighted by atomic mass is 15.2. The molecule has 2 N–H and O–H groups in total. The maximum Gasteiger partial charge on any atom is 0.179 e. The van der Waals surface area contributed by atoms with Crippen LogP contribution >= 0.6 is 0 Å². The zero-order valence-corrected chi connectivity index (χ0v) is 20.8. The van der Waals surface area contributed by atoms with Crippen LogP contribution in [0.3, 0.4) is 0 Å². The fraction of sp³-hybridized carbons (Fsp3) is 0.708. The first-order valence-electron chi connectivity index (χ1n) is 12.0. The Morgan fingerprint density at radius 3 is 2.16 bits per heavy atom. The van der Waals surface area contributed by atoms with E-state index in [9.17, 15) is 0 Å². The second kappa shape index (κ2) is 14.6. The molecule has 0 bridgehead atoms. The lowest BCUT2D eigenvalue weighted by Crippen LogP contribution is -2.31. The lowest BCUT2D eigenvalue weighted by atomic mass is 10.1. The molecule has 0 unspecified atom stereocenters. The molecule has 7 nitrogen and oxygen atoms in total. The van der Waals surface area contributed by atoms with Crippen LogP contribution in [0.25, 0.3) is 0 Å². The van der Waals surface area contributed by atoms with Gasteiger partial charge in [-0.1, -0.05) is 47.5 Å². The van der Waals surface area contributed by atoms with Crippen LogP contribution in [0.2, 0.25) is 0 Å². The molecular formula is C24H43N7. The number of aromatic nitrogens is 4. The first-order chi connectivity index (χ1) is 15.1. The zero-order chi connectivity index (χ0) is 23.2. The van der Waals surface area contributed by atoms with Crippen LogP contribution in [0, 0.1) is 25.3 Å². The number of unbranched alkanes of at least 4 members (excludes halogenated alkanes) is 2. The van der Waals surface area contributed by atoms with Crippen LogP contribution in [0.1, 0.15) is 87.8 Å². The fourth-order valence-corrected chi connectivity index (χ4v) is 3.82. The van der Waals surface area contributed by atoms with Gasteiger partial charge in [0.1, 0.15) is 0 Å². The Labute approximate surface area is 189 Å². The SMILES string of the molecule is CC.CC.CCCCCN1CCc2n[nH]c(C)c2C1.Cc1[nH]nc2c1CCN(C#N)C2. The van der Waals surface area contributed by atoms with Crippen molar-refractivity contribution in [1.82, 2.24) is 30.2 Å². The highest BCUT2D eigenvalue weighted by Crippen LogP contribution is 2.20. The number of rotatable bonds is 4. The van der Waals surface area contributed by atoms with E-state index in [-0.39, 0.29) is 0 Å². The largest absolute Gasteiger partial charge is 0.304 e. The Morgan fingerprint density at radius 2 is 1.52 bits per heavy atom. The van der Waals surface area contributed by atoms with Crippen LogP contribution in [0.4, 0.5) is 0 Å². The van der Waals surface area contributed by atoms with E-state index < -0.39 is 0 Å². The maximum absolute atomic E-state index is 8.66. The van der Waals surface area contributed by atoms with Gasteiger partial charge in [0.25, 0.3) is 0 Å². The standard InChI is InChI=1S/C12H21N3.C8H10N4.2C2H6/c1-3-4-5-7-15-8-6-12-11(9-15)10(2)13-14-12;1-6-7-2-3-12(5-9)4-8(7)11-10-6;2*1-2/h3-9H2,1-2H3,(H,13,14);2-4H2,1H3,(H,10,11);2*1-2H3. The summed E-state index contributed by atoms with van der Waals surface area (Å²) in [6.45, 7) is 19.4. The van der Waals surface area contributed by atoms with E-state index in [0.717, 1.165) is 37.3 Å². The highest BCUT2D eigenvalue weighted by molar-refractivity contribution is 5.27. The third-order valence-corrected chi connectivity index (χ3v) is 5.56. The second-order valence-electron chi connectivity index (χ2n) is 7.55. The molecule has 2 aliphatic heterocycles. The van der Waals surface area contributed by atoms with Crippen LogP contribution < -0.4 is 0 Å². The predicted octanol–water partition coefficient (Wildman–Crippen LogP) is 4.88. The summed E-state index contributed by atoms with van der Waals surface area (Å²) < 4.78 is 0. The Kier molecular flexibility index (Phi) is 12.6. The molecule has 0 aliphatic carbocycles. The summed E-state index contributed by atoms with van der Waals surface area (Å²) >= 11 is 0. The molecule has 0 fully saturated rings. The van der Waals surface area contributed by atoms with Gasteiger partial charge in [-0.2, -0.15) is 15.5 Å². The van der Waals surface area contributed by atoms with E-state index in [1.165, 1.54) is 54.9 Å². The van der Waals surface area contributed by atoms with E-state index in [0.29, 0.717) is 6.54 Å². The van der Waals surface area contributed by atoms with Crippen LogP contribution in [0.5, 0.6) is 0 Å². The third-order valence-electron chi connectivity index (χ3n) is 5.56. The molecule has 174 valence electrons. The average Bonchev–Trinajstić information content (AvgIpc) is 3.39. The van der Waals surface area contributed by atoms with Crippen molar-refractivity contribution in [2.75, 3.05) is 19.6 Å². The van der Waals surface area contributed by atoms with E-state index >= 15 is 0 Å². The number of aromatic amines is 2. The van der Waals surface area contributed by atoms with E-state index in [1.807, 2.05) is 34.6 Å². The van der Waals surface area contributed by atoms with Crippen molar-refractivity contribution >= 4 is 0 Å². The molecule has 0 amide bonds. The molecule has 4 rings (SSSR count). The van der Waals surface area contributed by atoms with Crippen LogP contribution in [-0.2, 0) is 25.9 Å². The maximum atomic E-state index is 8.66. The average molecular weight is 430 g/mol. The summed E-state index contributed by atoms with van der Waals surface area (Å²) in [6.07, 6.45) is 8.19. The first kappa shape index (κ1) is 26.7. The Hall–Kier alpha value is -2.33. The summed E-state index contributed by atoms with van der Waals surface area (Å²) in [6, 6.07) is 0. The molecular weight excluding hydrogens is 386 g/mol. The summed E-state index contributed by atoms with van der Waals surface area (Å²) in [5, 5.41) is 23.2. The van der Waals surface area contributed by atoms with Crippen molar-refractivity contribution in [3.8, 4) is 6.19 Å². The predicted molar refractivity (Wildman–Crippen MR) is 128 cm³/mol. The van der Waals surface area contributed by atoms with Gasteiger partial charge in [0.2, 0.25) is 0 Å². The van der Waals surface area contributed by atoms with Gasteiger partial charge in [-0.25, -0.2) is 0 Å². The quantitative estimate of drug-likeness (QED) is 0.534. The van der Waals surface area contributed by atoms with Crippen molar-refractivity contribution in [2.24, 2.45) is 0 Å². The van der Waals surface area contributed by atoms with Gasteiger partial charge in [0.15, 0.2) is 6.19 Å². The zero-order valence-electron chi connectivity index (χ0n) is 20.8. The monoisotopic (exact) mass is 429 g/mol. The summed E-state index contributed by atoms with van der Waals surface area (Å²) in [5.41, 5.74) is 7.45. The summed E-state index contributed by atoms with van der Waals surface area (Å²) in [7, 11) is 0. The Morgan fingerprint density at radius 1 is 0.871 bits per heavy atom. The number of hydrogen-bond donors (Lipinski definition) is 2. The van der Waals surface area contributed by atoms with Crippen molar-refractivity contribution < 1.29 is 0 Å². The van der Waals surface area contributed by atoms with Gasteiger partial charge >= 0.3 is 0 Å². The molecule has 0 saturated carbocycles. The minimum Gasteiger partial charge on any atom is -0.304 e. The second-order valence-corrected chi connectivity index (χ2v) is 7.55. The fourth-order valence-electron chi connectivity index (χ4n) is 3.82. The van der Waals surface area contributed by atoms with Gasteiger partial charge < -0.3 is 4.90 Å². The van der Waals surface area contributed by atoms with Gasteiger partial charge in [-0.05, 0) is 38.8 Å². The van der Waals surface area contributed by atoms with E-state index in [4.69, 9.17) is 5.26 Å². The van der Waals surface area contributed by atoms with Gasteiger partial charge in [-0.3, -0.25) is 15.1 Å². The van der Waals surface area contributed by atoms with Crippen molar-refractivity contribution in [3.63, 3.8) is 0 Å². The van der Waals surface area contributed by atoms with Crippen molar-refractivity contribution in [3.05, 3.63) is 33.9 Å². The molecule has 2 aliphatic rings. The van der Waals surface area contributed by atoms with Gasteiger partial charge in [0, 0.05) is 43.0 Å². The third kappa shape index (κ3) is 7.70. The number of fused-ring (bicyclic) bond motifs is 2. The smallest absolute Gasteiger partial charge is 0.179 e. The number of nitrogens with zero attached hydrogens (tertiary/aromatic N) is 5. The minimum atomic E-state index is 0.663. The van der Waals surface area contributed by atoms with Crippen molar-refractivity contribution in [1.29, 1.82) is 5.26 Å². The summed E-state index contributed by atoms with van der Waals surface area (Å²) in [4.78, 5) is 4.28. The molecule has 2 aromatic heterocycles. The van der Waals surface area contributed by atoms with Crippen LogP contribution in [-0.4, -0.2) is 49.8 Å². The number of H-pyrrole nitrogens is 2. The number of nitrogens with one attached hydrogen (secondary N) is 2. The Bertz CT molecular complexity index is 784.